The molecule has 20 heavy (non-hydrogen) atoms. The smallest absolute Gasteiger partial charge is 0.314 e. The molecule has 118 valence electrons. The normalized spacial score (nSPS) is 21.8. The van der Waals surface area contributed by atoms with Crippen LogP contribution in [0.5, 0.6) is 0 Å². The Labute approximate surface area is 124 Å². The summed E-state index contributed by atoms with van der Waals surface area (Å²) < 4.78 is 6.13. The van der Waals surface area contributed by atoms with Crippen LogP contribution in [0.2, 0.25) is 0 Å². The molecular formula is C17H33NO2. The Hall–Kier alpha value is -0.570. The molecule has 1 fully saturated rings. The molecule has 1 N–H and O–H groups in total. The van der Waals surface area contributed by atoms with Crippen molar-refractivity contribution in [1.82, 2.24) is 5.32 Å². The molecule has 0 aromatic carbocycles. The molecule has 0 aliphatic heterocycles. The highest BCUT2D eigenvalue weighted by atomic mass is 16.6. The maximum absolute atomic E-state index is 12.9. The highest BCUT2D eigenvalue weighted by Crippen LogP contribution is 2.44. The lowest BCUT2D eigenvalue weighted by atomic mass is 9.67. The van der Waals surface area contributed by atoms with E-state index in [2.05, 4.69) is 39.9 Å². The van der Waals surface area contributed by atoms with Crippen molar-refractivity contribution in [1.29, 1.82) is 0 Å². The number of esters is 1. The third-order valence-corrected chi connectivity index (χ3v) is 5.43. The molecule has 0 aromatic rings. The lowest BCUT2D eigenvalue weighted by molar-refractivity contribution is -0.182. The number of rotatable bonds is 5. The van der Waals surface area contributed by atoms with Crippen LogP contribution in [-0.4, -0.2) is 25.2 Å². The molecule has 0 heterocycles. The van der Waals surface area contributed by atoms with Gasteiger partial charge in [-0.15, -0.1) is 0 Å². The maximum Gasteiger partial charge on any atom is 0.314 e. The summed E-state index contributed by atoms with van der Waals surface area (Å²) in [7, 11) is 1.89. The van der Waals surface area contributed by atoms with E-state index in [1.165, 1.54) is 12.8 Å². The topological polar surface area (TPSA) is 38.3 Å². The van der Waals surface area contributed by atoms with Crippen LogP contribution in [0.4, 0.5) is 0 Å². The highest BCUT2D eigenvalue weighted by molar-refractivity contribution is 5.78. The van der Waals surface area contributed by atoms with Gasteiger partial charge in [-0.25, -0.2) is 0 Å². The number of hydrogen-bond acceptors (Lipinski definition) is 3. The maximum atomic E-state index is 12.9. The average Bonchev–Trinajstić information content (AvgIpc) is 2.77. The van der Waals surface area contributed by atoms with Crippen molar-refractivity contribution in [3.63, 3.8) is 0 Å². The largest absolute Gasteiger partial charge is 0.458 e. The average molecular weight is 283 g/mol. The van der Waals surface area contributed by atoms with Crippen molar-refractivity contribution in [3.05, 3.63) is 0 Å². The van der Waals surface area contributed by atoms with Gasteiger partial charge in [-0.3, -0.25) is 4.79 Å². The van der Waals surface area contributed by atoms with Crippen molar-refractivity contribution in [2.24, 2.45) is 16.7 Å². The third kappa shape index (κ3) is 3.19. The fraction of sp³-hybridized carbons (Fsp3) is 0.941. The summed E-state index contributed by atoms with van der Waals surface area (Å²) in [6.07, 6.45) is 4.36. The molecule has 1 aliphatic carbocycles. The van der Waals surface area contributed by atoms with E-state index in [4.69, 9.17) is 4.74 Å². The predicted octanol–water partition coefficient (Wildman–Crippen LogP) is 3.77. The van der Waals surface area contributed by atoms with E-state index in [1.54, 1.807) is 0 Å². The van der Waals surface area contributed by atoms with E-state index in [0.717, 1.165) is 12.8 Å². The number of carbonyl (C=O) groups excluding carboxylic acids is 1. The molecule has 0 bridgehead atoms. The van der Waals surface area contributed by atoms with E-state index < -0.39 is 5.41 Å². The molecule has 1 aliphatic rings. The van der Waals surface area contributed by atoms with Gasteiger partial charge < -0.3 is 10.1 Å². The minimum atomic E-state index is -0.508. The van der Waals surface area contributed by atoms with Crippen molar-refractivity contribution in [2.75, 3.05) is 13.6 Å². The Balaban J connectivity index is 2.97. The van der Waals surface area contributed by atoms with Gasteiger partial charge in [0.25, 0.3) is 0 Å². The van der Waals surface area contributed by atoms with Gasteiger partial charge in [0.15, 0.2) is 0 Å². The van der Waals surface area contributed by atoms with Gasteiger partial charge in [0.2, 0.25) is 0 Å². The fourth-order valence-corrected chi connectivity index (χ4v) is 3.07. The summed E-state index contributed by atoms with van der Waals surface area (Å²) in [6, 6.07) is 0. The van der Waals surface area contributed by atoms with Crippen LogP contribution in [0.1, 0.15) is 67.2 Å². The van der Waals surface area contributed by atoms with Crippen molar-refractivity contribution in [3.8, 4) is 0 Å². The second-order valence-corrected chi connectivity index (χ2v) is 7.93. The molecule has 1 rings (SSSR count). The van der Waals surface area contributed by atoms with Crippen LogP contribution in [0.25, 0.3) is 0 Å². The molecule has 0 aromatic heterocycles. The first-order valence-electron chi connectivity index (χ1n) is 7.97. The molecule has 3 nitrogen and oxygen atoms in total. The van der Waals surface area contributed by atoms with Crippen LogP contribution in [-0.2, 0) is 9.53 Å². The summed E-state index contributed by atoms with van der Waals surface area (Å²) in [5.74, 6) is 0.336. The zero-order valence-corrected chi connectivity index (χ0v) is 14.4. The minimum absolute atomic E-state index is 0.0463. The lowest BCUT2D eigenvalue weighted by Gasteiger charge is -2.43. The van der Waals surface area contributed by atoms with Gasteiger partial charge in [0.05, 0.1) is 5.41 Å². The Kier molecular flexibility index (Phi) is 5.29. The molecule has 0 spiro atoms. The second-order valence-electron chi connectivity index (χ2n) is 7.93. The number of ether oxygens (including phenoxy) is 1. The van der Waals surface area contributed by atoms with Crippen molar-refractivity contribution >= 4 is 5.97 Å². The summed E-state index contributed by atoms with van der Waals surface area (Å²) >= 11 is 0. The molecule has 0 amide bonds. The van der Waals surface area contributed by atoms with Crippen molar-refractivity contribution in [2.45, 2.75) is 72.8 Å². The summed E-state index contributed by atoms with van der Waals surface area (Å²) in [4.78, 5) is 12.9. The third-order valence-electron chi connectivity index (χ3n) is 5.43. The van der Waals surface area contributed by atoms with Crippen molar-refractivity contribution < 1.29 is 9.53 Å². The van der Waals surface area contributed by atoms with Crippen LogP contribution < -0.4 is 5.32 Å². The van der Waals surface area contributed by atoms with Gasteiger partial charge in [-0.05, 0) is 51.0 Å². The molecular weight excluding hydrogens is 250 g/mol. The minimum Gasteiger partial charge on any atom is -0.458 e. The fourth-order valence-electron chi connectivity index (χ4n) is 3.07. The molecule has 3 heteroatoms. The Morgan fingerprint density at radius 3 is 2.05 bits per heavy atom. The van der Waals surface area contributed by atoms with Crippen LogP contribution in [0.3, 0.4) is 0 Å². The van der Waals surface area contributed by atoms with E-state index in [1.807, 2.05) is 14.0 Å². The van der Waals surface area contributed by atoms with Crippen LogP contribution in [0, 0.1) is 16.7 Å². The Morgan fingerprint density at radius 2 is 1.70 bits per heavy atom. The molecule has 1 atom stereocenters. The monoisotopic (exact) mass is 283 g/mol. The molecule has 0 saturated heterocycles. The summed E-state index contributed by atoms with van der Waals surface area (Å²) in [5, 5.41) is 3.16. The molecule has 1 unspecified atom stereocenters. The SMILES string of the molecule is CNCC(C)(C(=O)OC1(C(C)C)CCCC1)C(C)(C)C. The quantitative estimate of drug-likeness (QED) is 0.781. The van der Waals surface area contributed by atoms with Gasteiger partial charge in [-0.1, -0.05) is 34.6 Å². The lowest BCUT2D eigenvalue weighted by Crippen LogP contribution is -2.51. The first-order valence-corrected chi connectivity index (χ1v) is 7.97. The predicted molar refractivity (Wildman–Crippen MR) is 83.6 cm³/mol. The van der Waals surface area contributed by atoms with E-state index in [0.29, 0.717) is 12.5 Å². The standard InChI is InChI=1S/C17H33NO2/c1-13(2)17(10-8-9-11-17)20-14(19)16(6,12-18-7)15(3,4)5/h13,18H,8-12H2,1-7H3. The summed E-state index contributed by atoms with van der Waals surface area (Å²) in [5.41, 5.74) is -0.882. The van der Waals surface area contributed by atoms with Gasteiger partial charge >= 0.3 is 5.97 Å². The number of carbonyl (C=O) groups is 1. The van der Waals surface area contributed by atoms with Gasteiger partial charge in [0, 0.05) is 6.54 Å². The first-order chi connectivity index (χ1) is 9.09. The van der Waals surface area contributed by atoms with E-state index in [-0.39, 0.29) is 17.0 Å². The molecule has 0 radical (unpaired) electrons. The second kappa shape index (κ2) is 6.05. The summed E-state index contributed by atoms with van der Waals surface area (Å²) in [6.45, 7) is 13.3. The number of nitrogens with one attached hydrogen (secondary N) is 1. The zero-order valence-electron chi connectivity index (χ0n) is 14.4. The molecule has 1 saturated carbocycles. The highest BCUT2D eigenvalue weighted by Gasteiger charge is 2.49. The van der Waals surface area contributed by atoms with Crippen LogP contribution >= 0.6 is 0 Å². The Bertz CT molecular complexity index is 337. The van der Waals surface area contributed by atoms with Gasteiger partial charge in [0.1, 0.15) is 5.60 Å². The van der Waals surface area contributed by atoms with Gasteiger partial charge in [-0.2, -0.15) is 0 Å². The van der Waals surface area contributed by atoms with E-state index >= 15 is 0 Å². The van der Waals surface area contributed by atoms with Crippen LogP contribution in [0.15, 0.2) is 0 Å². The van der Waals surface area contributed by atoms with E-state index in [9.17, 15) is 4.79 Å². The number of hydrogen-bond donors (Lipinski definition) is 1. The Morgan fingerprint density at radius 1 is 1.20 bits per heavy atom. The first kappa shape index (κ1) is 17.5. The zero-order chi connectivity index (χ0) is 15.6.